The molecule has 1 fully saturated rings. The molecule has 22 heavy (non-hydrogen) atoms. The maximum Gasteiger partial charge on any atom is 0.195 e. The molecule has 0 aromatic carbocycles. The monoisotopic (exact) mass is 317 g/mol. The van der Waals surface area contributed by atoms with Gasteiger partial charge in [-0.15, -0.1) is 11.3 Å². The topological polar surface area (TPSA) is 75.8 Å². The number of nitrogens with two attached hydrogens (primary N) is 1. The Hall–Kier alpha value is -1.86. The SMILES string of the molecule is CC1=C2CC(c3nccs3)=CN([C@@H]3CCOC3)C2NC(N)=N1. The number of ether oxygens (including phenoxy) is 1. The summed E-state index contributed by atoms with van der Waals surface area (Å²) in [7, 11) is 0. The van der Waals surface area contributed by atoms with Crippen molar-refractivity contribution in [2.45, 2.75) is 32.0 Å². The first-order chi connectivity index (χ1) is 10.7. The summed E-state index contributed by atoms with van der Waals surface area (Å²) in [5.74, 6) is 0.487. The average Bonchev–Trinajstić information content (AvgIpc) is 3.20. The molecule has 0 radical (unpaired) electrons. The maximum atomic E-state index is 5.94. The van der Waals surface area contributed by atoms with E-state index in [2.05, 4.69) is 26.4 Å². The van der Waals surface area contributed by atoms with Gasteiger partial charge in [0.05, 0.1) is 12.6 Å². The fourth-order valence-corrected chi connectivity index (χ4v) is 3.93. The molecule has 3 aliphatic heterocycles. The van der Waals surface area contributed by atoms with E-state index in [4.69, 9.17) is 10.5 Å². The van der Waals surface area contributed by atoms with Crippen molar-refractivity contribution < 1.29 is 4.74 Å². The predicted molar refractivity (Wildman–Crippen MR) is 87.0 cm³/mol. The molecule has 1 saturated heterocycles. The van der Waals surface area contributed by atoms with E-state index in [9.17, 15) is 0 Å². The Morgan fingerprint density at radius 1 is 1.50 bits per heavy atom. The van der Waals surface area contributed by atoms with Crippen molar-refractivity contribution in [1.29, 1.82) is 0 Å². The van der Waals surface area contributed by atoms with E-state index in [0.717, 1.165) is 36.8 Å². The predicted octanol–water partition coefficient (Wildman–Crippen LogP) is 1.50. The largest absolute Gasteiger partial charge is 0.379 e. The van der Waals surface area contributed by atoms with Gasteiger partial charge in [-0.05, 0) is 18.9 Å². The first-order valence-corrected chi connectivity index (χ1v) is 8.36. The summed E-state index contributed by atoms with van der Waals surface area (Å²) in [6, 6.07) is 0.362. The number of rotatable bonds is 2. The number of hydrogen-bond acceptors (Lipinski definition) is 7. The van der Waals surface area contributed by atoms with Gasteiger partial charge in [0, 0.05) is 42.1 Å². The standard InChI is InChI=1S/C15H19N5OS/c1-9-12-6-10(14-17-3-5-22-14)7-20(11-2-4-21-8-11)13(12)19-15(16)18-9/h3,5,7,11,13H,2,4,6,8H2,1H3,(H3,16,18,19)/t11-,13?/m1/s1. The molecule has 3 N–H and O–H groups in total. The summed E-state index contributed by atoms with van der Waals surface area (Å²) in [5, 5.41) is 6.41. The van der Waals surface area contributed by atoms with E-state index >= 15 is 0 Å². The van der Waals surface area contributed by atoms with Gasteiger partial charge in [-0.1, -0.05) is 0 Å². The van der Waals surface area contributed by atoms with Gasteiger partial charge in [0.15, 0.2) is 5.96 Å². The smallest absolute Gasteiger partial charge is 0.195 e. The van der Waals surface area contributed by atoms with Crippen molar-refractivity contribution in [1.82, 2.24) is 15.2 Å². The first-order valence-electron chi connectivity index (χ1n) is 7.48. The van der Waals surface area contributed by atoms with Crippen molar-refractivity contribution in [2.24, 2.45) is 10.7 Å². The Morgan fingerprint density at radius 2 is 2.41 bits per heavy atom. The molecule has 0 aliphatic carbocycles. The fourth-order valence-electron chi connectivity index (χ4n) is 3.28. The van der Waals surface area contributed by atoms with Crippen LogP contribution in [0.15, 0.2) is 34.0 Å². The Labute approximate surface area is 133 Å². The second-order valence-corrected chi connectivity index (χ2v) is 6.68. The normalized spacial score (nSPS) is 28.1. The minimum absolute atomic E-state index is 0.0768. The molecule has 2 atom stereocenters. The molecule has 4 rings (SSSR count). The van der Waals surface area contributed by atoms with Gasteiger partial charge < -0.3 is 20.7 Å². The highest BCUT2D eigenvalue weighted by atomic mass is 32.1. The fraction of sp³-hybridized carbons (Fsp3) is 0.467. The van der Waals surface area contributed by atoms with Crippen LogP contribution in [0.4, 0.5) is 0 Å². The lowest BCUT2D eigenvalue weighted by molar-refractivity contribution is 0.148. The number of fused-ring (bicyclic) bond motifs is 1. The van der Waals surface area contributed by atoms with E-state index in [0.29, 0.717) is 12.0 Å². The Bertz CT molecular complexity index is 657. The van der Waals surface area contributed by atoms with Crippen molar-refractivity contribution in [2.75, 3.05) is 13.2 Å². The number of nitrogens with zero attached hydrogens (tertiary/aromatic N) is 3. The lowest BCUT2D eigenvalue weighted by atomic mass is 9.95. The van der Waals surface area contributed by atoms with Gasteiger partial charge in [0.25, 0.3) is 0 Å². The van der Waals surface area contributed by atoms with E-state index < -0.39 is 0 Å². The van der Waals surface area contributed by atoms with Crippen LogP contribution in [0, 0.1) is 0 Å². The molecule has 0 spiro atoms. The number of nitrogens with one attached hydrogen (secondary N) is 1. The van der Waals surface area contributed by atoms with E-state index in [-0.39, 0.29) is 6.17 Å². The second kappa shape index (κ2) is 5.40. The van der Waals surface area contributed by atoms with Gasteiger partial charge in [0.2, 0.25) is 0 Å². The number of allylic oxidation sites excluding steroid dienone is 2. The van der Waals surface area contributed by atoms with Crippen LogP contribution < -0.4 is 11.1 Å². The third-order valence-corrected chi connectivity index (χ3v) is 5.23. The second-order valence-electron chi connectivity index (χ2n) is 5.79. The summed E-state index contributed by atoms with van der Waals surface area (Å²) in [5.41, 5.74) is 9.46. The summed E-state index contributed by atoms with van der Waals surface area (Å²) >= 11 is 1.67. The highest BCUT2D eigenvalue weighted by Gasteiger charge is 2.36. The molecule has 1 unspecified atom stereocenters. The van der Waals surface area contributed by atoms with E-state index in [1.54, 1.807) is 11.3 Å². The molecular weight excluding hydrogens is 298 g/mol. The first kappa shape index (κ1) is 13.8. The van der Waals surface area contributed by atoms with Crippen LogP contribution in [0.5, 0.6) is 0 Å². The van der Waals surface area contributed by atoms with Crippen molar-refractivity contribution in [3.63, 3.8) is 0 Å². The average molecular weight is 317 g/mol. The molecular formula is C15H19N5OS. The van der Waals surface area contributed by atoms with Gasteiger partial charge in [-0.2, -0.15) is 0 Å². The van der Waals surface area contributed by atoms with Crippen LogP contribution in [-0.2, 0) is 4.74 Å². The number of aliphatic imine (C=N–C) groups is 1. The van der Waals surface area contributed by atoms with E-state index in [1.165, 1.54) is 11.1 Å². The van der Waals surface area contributed by atoms with Crippen LogP contribution in [0.3, 0.4) is 0 Å². The molecule has 1 aromatic rings. The third kappa shape index (κ3) is 2.30. The Morgan fingerprint density at radius 3 is 3.14 bits per heavy atom. The van der Waals surface area contributed by atoms with Crippen molar-refractivity contribution in [3.05, 3.63) is 34.1 Å². The quantitative estimate of drug-likeness (QED) is 0.864. The number of thiazole rings is 1. The van der Waals surface area contributed by atoms with E-state index in [1.807, 2.05) is 18.5 Å². The van der Waals surface area contributed by atoms with Crippen LogP contribution in [0.25, 0.3) is 5.57 Å². The minimum atomic E-state index is 0.0768. The summed E-state index contributed by atoms with van der Waals surface area (Å²) in [4.78, 5) is 11.2. The summed E-state index contributed by atoms with van der Waals surface area (Å²) < 4.78 is 5.58. The van der Waals surface area contributed by atoms with Crippen LogP contribution in [0.1, 0.15) is 24.8 Å². The summed E-state index contributed by atoms with van der Waals surface area (Å²) in [6.45, 7) is 3.60. The van der Waals surface area contributed by atoms with Gasteiger partial charge in [-0.25, -0.2) is 9.98 Å². The van der Waals surface area contributed by atoms with Crippen LogP contribution in [-0.4, -0.2) is 41.3 Å². The maximum absolute atomic E-state index is 5.94. The molecule has 1 aromatic heterocycles. The number of aromatic nitrogens is 1. The zero-order valence-corrected chi connectivity index (χ0v) is 13.3. The highest BCUT2D eigenvalue weighted by molar-refractivity contribution is 7.10. The molecule has 116 valence electrons. The summed E-state index contributed by atoms with van der Waals surface area (Å²) in [6.07, 6.45) is 6.05. The number of guanidine groups is 1. The number of hydrogen-bond donors (Lipinski definition) is 2. The molecule has 0 bridgehead atoms. The zero-order chi connectivity index (χ0) is 15.1. The zero-order valence-electron chi connectivity index (χ0n) is 12.5. The Balaban J connectivity index is 1.76. The lowest BCUT2D eigenvalue weighted by Crippen LogP contribution is -2.56. The Kier molecular flexibility index (Phi) is 3.38. The molecule has 6 nitrogen and oxygen atoms in total. The van der Waals surface area contributed by atoms with Crippen molar-refractivity contribution >= 4 is 22.9 Å². The minimum Gasteiger partial charge on any atom is -0.379 e. The molecule has 7 heteroatoms. The van der Waals surface area contributed by atoms with Crippen LogP contribution in [0.2, 0.25) is 0 Å². The highest BCUT2D eigenvalue weighted by Crippen LogP contribution is 2.37. The van der Waals surface area contributed by atoms with Gasteiger partial charge in [0.1, 0.15) is 11.2 Å². The third-order valence-electron chi connectivity index (χ3n) is 4.39. The molecule has 0 amide bonds. The van der Waals surface area contributed by atoms with Crippen LogP contribution >= 0.6 is 11.3 Å². The molecule has 0 saturated carbocycles. The van der Waals surface area contributed by atoms with Crippen molar-refractivity contribution in [3.8, 4) is 0 Å². The molecule has 3 aliphatic rings. The van der Waals surface area contributed by atoms with Gasteiger partial charge in [-0.3, -0.25) is 0 Å². The lowest BCUT2D eigenvalue weighted by Gasteiger charge is -2.42. The van der Waals surface area contributed by atoms with Gasteiger partial charge >= 0.3 is 0 Å². The molecule has 4 heterocycles.